The van der Waals surface area contributed by atoms with Gasteiger partial charge in [0, 0.05) is 19.6 Å². The molecule has 0 spiro atoms. The maximum Gasteiger partial charge on any atom is 0.269 e. The predicted octanol–water partition coefficient (Wildman–Crippen LogP) is 1.94. The van der Waals surface area contributed by atoms with Crippen molar-refractivity contribution in [3.05, 3.63) is 11.1 Å². The third-order valence-corrected chi connectivity index (χ3v) is 4.36. The van der Waals surface area contributed by atoms with E-state index in [0.29, 0.717) is 16.8 Å². The largest absolute Gasteiger partial charge is 0.362 e. The highest BCUT2D eigenvalue weighted by atomic mass is 32.1. The number of rotatable bonds is 5. The van der Waals surface area contributed by atoms with Crippen molar-refractivity contribution in [3.8, 4) is 0 Å². The van der Waals surface area contributed by atoms with Crippen molar-refractivity contribution in [3.63, 3.8) is 0 Å². The molecule has 118 valence electrons. The summed E-state index contributed by atoms with van der Waals surface area (Å²) in [5, 5.41) is 13.5. The first-order valence-corrected chi connectivity index (χ1v) is 8.26. The lowest BCUT2D eigenvalue weighted by Gasteiger charge is -2.24. The van der Waals surface area contributed by atoms with Gasteiger partial charge in [-0.2, -0.15) is 4.98 Å². The monoisotopic (exact) mass is 321 g/mol. The summed E-state index contributed by atoms with van der Waals surface area (Å²) < 4.78 is 0. The Balaban J connectivity index is 1.62. The topological polar surface area (TPSA) is 98.8 Å². The molecule has 0 saturated carbocycles. The molecule has 3 heterocycles. The second-order valence-electron chi connectivity index (χ2n) is 5.05. The Labute approximate surface area is 132 Å². The number of nitrogens with one attached hydrogen (secondary N) is 3. The fourth-order valence-corrected chi connectivity index (χ4v) is 3.10. The maximum atomic E-state index is 12.1. The van der Waals surface area contributed by atoms with Gasteiger partial charge in [0.05, 0.1) is 6.20 Å². The van der Waals surface area contributed by atoms with Crippen LogP contribution in [0.1, 0.15) is 35.9 Å². The maximum absolute atomic E-state index is 12.1. The van der Waals surface area contributed by atoms with Gasteiger partial charge in [-0.3, -0.25) is 10.1 Å². The Morgan fingerprint density at radius 1 is 1.41 bits per heavy atom. The van der Waals surface area contributed by atoms with Gasteiger partial charge in [0.1, 0.15) is 4.88 Å². The van der Waals surface area contributed by atoms with Crippen molar-refractivity contribution in [2.45, 2.75) is 26.2 Å². The Kier molecular flexibility index (Phi) is 4.52. The Bertz CT molecular complexity index is 632. The summed E-state index contributed by atoms with van der Waals surface area (Å²) in [7, 11) is 0. The number of nitrogens with zero attached hydrogens (tertiary/aromatic N) is 4. The van der Waals surface area contributed by atoms with E-state index in [4.69, 9.17) is 0 Å². The van der Waals surface area contributed by atoms with Crippen molar-refractivity contribution >= 4 is 34.3 Å². The molecule has 1 saturated heterocycles. The number of piperidine rings is 1. The van der Waals surface area contributed by atoms with E-state index in [0.717, 1.165) is 37.6 Å². The molecule has 9 heteroatoms. The van der Waals surface area contributed by atoms with Gasteiger partial charge in [0.25, 0.3) is 5.91 Å². The zero-order chi connectivity index (χ0) is 15.4. The molecule has 1 aliphatic rings. The molecule has 1 amide bonds. The smallest absolute Gasteiger partial charge is 0.269 e. The number of aromatic nitrogens is 4. The fraction of sp³-hybridized carbons (Fsp3) is 0.538. The van der Waals surface area contributed by atoms with E-state index in [1.807, 2.05) is 6.92 Å². The van der Waals surface area contributed by atoms with Gasteiger partial charge in [-0.25, -0.2) is 10.1 Å². The Morgan fingerprint density at radius 3 is 3.00 bits per heavy atom. The van der Waals surface area contributed by atoms with Crippen molar-refractivity contribution < 1.29 is 4.79 Å². The van der Waals surface area contributed by atoms with Gasteiger partial charge in [-0.05, 0) is 26.2 Å². The molecule has 0 aromatic carbocycles. The normalized spacial score (nSPS) is 14.9. The average molecular weight is 321 g/mol. The molecular formula is C13H19N7OS. The van der Waals surface area contributed by atoms with Gasteiger partial charge in [-0.1, -0.05) is 11.3 Å². The van der Waals surface area contributed by atoms with E-state index >= 15 is 0 Å². The molecule has 0 radical (unpaired) electrons. The van der Waals surface area contributed by atoms with E-state index in [9.17, 15) is 4.79 Å². The van der Waals surface area contributed by atoms with Crippen molar-refractivity contribution in [2.24, 2.45) is 0 Å². The Morgan fingerprint density at radius 2 is 2.23 bits per heavy atom. The van der Waals surface area contributed by atoms with Crippen molar-refractivity contribution in [1.82, 2.24) is 20.2 Å². The summed E-state index contributed by atoms with van der Waals surface area (Å²) in [6.07, 6.45) is 5.12. The second kappa shape index (κ2) is 6.73. The number of thiazole rings is 1. The minimum Gasteiger partial charge on any atom is -0.362 e. The standard InChI is InChI=1S/C13H19N7OS/c1-2-14-13-15-8-9(22-13)10(21)16-11-17-12(19-18-11)20-6-4-3-5-7-20/h8H,2-7H2,1H3,(H,14,15)(H2,16,17,18,19,21). The van der Waals surface area contributed by atoms with Gasteiger partial charge in [0.2, 0.25) is 11.9 Å². The average Bonchev–Trinajstić information content (AvgIpc) is 3.18. The zero-order valence-corrected chi connectivity index (χ0v) is 13.2. The van der Waals surface area contributed by atoms with Crippen LogP contribution in [0.2, 0.25) is 0 Å². The number of hydrogen-bond donors (Lipinski definition) is 3. The highest BCUT2D eigenvalue weighted by molar-refractivity contribution is 7.17. The quantitative estimate of drug-likeness (QED) is 0.778. The van der Waals surface area contributed by atoms with E-state index in [2.05, 4.69) is 35.7 Å². The lowest BCUT2D eigenvalue weighted by molar-refractivity contribution is 0.102. The fourth-order valence-electron chi connectivity index (χ4n) is 2.33. The first-order valence-electron chi connectivity index (χ1n) is 7.44. The third kappa shape index (κ3) is 3.35. The Hall–Kier alpha value is -2.16. The number of carbonyl (C=O) groups is 1. The first-order chi connectivity index (χ1) is 10.8. The number of anilines is 3. The number of H-pyrrole nitrogens is 1. The van der Waals surface area contributed by atoms with Gasteiger partial charge in [-0.15, -0.1) is 5.10 Å². The SMILES string of the molecule is CCNc1ncc(C(=O)Nc2nc(N3CCCCC3)n[nH]2)s1. The summed E-state index contributed by atoms with van der Waals surface area (Å²) in [5.74, 6) is 0.777. The van der Waals surface area contributed by atoms with Crippen LogP contribution < -0.4 is 15.5 Å². The molecule has 2 aromatic heterocycles. The van der Waals surface area contributed by atoms with Gasteiger partial charge < -0.3 is 10.2 Å². The number of carbonyl (C=O) groups excluding carboxylic acids is 1. The minimum atomic E-state index is -0.233. The molecule has 22 heavy (non-hydrogen) atoms. The van der Waals surface area contributed by atoms with Crippen LogP contribution in [-0.2, 0) is 0 Å². The summed E-state index contributed by atoms with van der Waals surface area (Å²) in [6, 6.07) is 0. The predicted molar refractivity (Wildman–Crippen MR) is 86.7 cm³/mol. The molecule has 1 aliphatic heterocycles. The van der Waals surface area contributed by atoms with E-state index in [1.54, 1.807) is 6.20 Å². The molecule has 3 N–H and O–H groups in total. The summed E-state index contributed by atoms with van der Waals surface area (Å²) in [4.78, 5) is 23.3. The number of amides is 1. The van der Waals surface area contributed by atoms with Crippen LogP contribution >= 0.6 is 11.3 Å². The molecular weight excluding hydrogens is 302 g/mol. The highest BCUT2D eigenvalue weighted by Gasteiger charge is 2.17. The van der Waals surface area contributed by atoms with E-state index in [-0.39, 0.29) is 5.91 Å². The number of hydrogen-bond acceptors (Lipinski definition) is 7. The molecule has 1 fully saturated rings. The number of aromatic amines is 1. The summed E-state index contributed by atoms with van der Waals surface area (Å²) in [6.45, 7) is 4.69. The van der Waals surface area contributed by atoms with Gasteiger partial charge in [0.15, 0.2) is 5.13 Å². The van der Waals surface area contributed by atoms with E-state index in [1.165, 1.54) is 17.8 Å². The second-order valence-corrected chi connectivity index (χ2v) is 6.08. The third-order valence-electron chi connectivity index (χ3n) is 3.40. The minimum absolute atomic E-state index is 0.233. The summed E-state index contributed by atoms with van der Waals surface area (Å²) in [5.41, 5.74) is 0. The molecule has 3 rings (SSSR count). The van der Waals surface area contributed by atoms with Crippen LogP contribution in [0.3, 0.4) is 0 Å². The molecule has 8 nitrogen and oxygen atoms in total. The van der Waals surface area contributed by atoms with Crippen molar-refractivity contribution in [1.29, 1.82) is 0 Å². The highest BCUT2D eigenvalue weighted by Crippen LogP contribution is 2.20. The van der Waals surface area contributed by atoms with Crippen LogP contribution in [0.15, 0.2) is 6.20 Å². The van der Waals surface area contributed by atoms with Crippen molar-refractivity contribution in [2.75, 3.05) is 35.2 Å². The van der Waals surface area contributed by atoms with Gasteiger partial charge >= 0.3 is 0 Å². The van der Waals surface area contributed by atoms with Crippen LogP contribution in [0.5, 0.6) is 0 Å². The molecule has 2 aromatic rings. The van der Waals surface area contributed by atoms with Crippen LogP contribution in [0.4, 0.5) is 17.0 Å². The zero-order valence-electron chi connectivity index (χ0n) is 12.4. The van der Waals surface area contributed by atoms with E-state index < -0.39 is 0 Å². The lowest BCUT2D eigenvalue weighted by atomic mass is 10.1. The molecule has 0 bridgehead atoms. The lowest BCUT2D eigenvalue weighted by Crippen LogP contribution is -2.30. The van der Waals surface area contributed by atoms with Crippen LogP contribution in [0, 0.1) is 0 Å². The molecule has 0 unspecified atom stereocenters. The van der Waals surface area contributed by atoms with Crippen LogP contribution in [-0.4, -0.2) is 45.7 Å². The van der Waals surface area contributed by atoms with Crippen LogP contribution in [0.25, 0.3) is 0 Å². The molecule has 0 atom stereocenters. The first kappa shape index (κ1) is 14.8. The summed E-state index contributed by atoms with van der Waals surface area (Å²) >= 11 is 1.31. The molecule has 0 aliphatic carbocycles.